The summed E-state index contributed by atoms with van der Waals surface area (Å²) in [6, 6.07) is 2.00. The van der Waals surface area contributed by atoms with Crippen molar-refractivity contribution in [2.75, 3.05) is 44.3 Å². The molecule has 2 aliphatic heterocycles. The minimum absolute atomic E-state index is 0.268. The molecule has 0 bridgehead atoms. The monoisotopic (exact) mass is 336 g/mol. The first-order chi connectivity index (χ1) is 11.3. The lowest BCUT2D eigenvalue weighted by atomic mass is 10.1. The van der Waals surface area contributed by atoms with Gasteiger partial charge in [-0.05, 0) is 37.5 Å². The number of aromatic nitrogens is 2. The molecular weight excluding hydrogens is 316 g/mol. The van der Waals surface area contributed by atoms with E-state index in [1.165, 1.54) is 19.3 Å². The van der Waals surface area contributed by atoms with E-state index in [0.29, 0.717) is 13.2 Å². The molecule has 2 aliphatic rings. The predicted molar refractivity (Wildman–Crippen MR) is 89.0 cm³/mol. The molecule has 2 saturated heterocycles. The number of furan rings is 1. The molecule has 0 amide bonds. The Labute approximate surface area is 140 Å². The van der Waals surface area contributed by atoms with Crippen LogP contribution in [0.2, 0.25) is 5.28 Å². The minimum Gasteiger partial charge on any atom is -0.454 e. The van der Waals surface area contributed by atoms with Crippen LogP contribution < -0.4 is 4.90 Å². The maximum atomic E-state index is 6.11. The lowest BCUT2D eigenvalue weighted by Crippen LogP contribution is -2.36. The van der Waals surface area contributed by atoms with E-state index in [4.69, 9.17) is 20.8 Å². The van der Waals surface area contributed by atoms with Crippen molar-refractivity contribution in [2.24, 2.45) is 0 Å². The molecular formula is C16H21ClN4O2. The normalized spacial score (nSPS) is 20.3. The number of likely N-dealkylation sites (tertiary alicyclic amines) is 1. The zero-order valence-corrected chi connectivity index (χ0v) is 13.9. The average molecular weight is 337 g/mol. The Kier molecular flexibility index (Phi) is 4.37. The quantitative estimate of drug-likeness (QED) is 0.803. The summed E-state index contributed by atoms with van der Waals surface area (Å²) < 4.78 is 11.5. The molecule has 2 aromatic rings. The summed E-state index contributed by atoms with van der Waals surface area (Å²) in [4.78, 5) is 13.3. The van der Waals surface area contributed by atoms with Crippen molar-refractivity contribution in [1.29, 1.82) is 0 Å². The molecule has 0 aliphatic carbocycles. The minimum atomic E-state index is 0.268. The first-order valence-corrected chi connectivity index (χ1v) is 8.68. The number of halogens is 1. The summed E-state index contributed by atoms with van der Waals surface area (Å²) >= 11 is 6.11. The van der Waals surface area contributed by atoms with Gasteiger partial charge >= 0.3 is 0 Å². The second-order valence-corrected chi connectivity index (χ2v) is 6.52. The van der Waals surface area contributed by atoms with Gasteiger partial charge in [0.25, 0.3) is 0 Å². The molecule has 0 saturated carbocycles. The number of ether oxygens (including phenoxy) is 1. The summed E-state index contributed by atoms with van der Waals surface area (Å²) in [6.45, 7) is 6.10. The van der Waals surface area contributed by atoms with Gasteiger partial charge < -0.3 is 14.1 Å². The molecule has 6 nitrogen and oxygen atoms in total. The Hall–Kier alpha value is -1.37. The average Bonchev–Trinajstić information content (AvgIpc) is 2.98. The lowest BCUT2D eigenvalue weighted by molar-refractivity contribution is 0.122. The maximum absolute atomic E-state index is 6.11. The van der Waals surface area contributed by atoms with Crippen molar-refractivity contribution in [1.82, 2.24) is 14.9 Å². The van der Waals surface area contributed by atoms with Gasteiger partial charge in [0.2, 0.25) is 5.28 Å². The summed E-state index contributed by atoms with van der Waals surface area (Å²) in [7, 11) is 0. The fourth-order valence-electron chi connectivity index (χ4n) is 3.34. The van der Waals surface area contributed by atoms with Crippen LogP contribution in [0.15, 0.2) is 10.5 Å². The van der Waals surface area contributed by atoms with Gasteiger partial charge in [0, 0.05) is 19.2 Å². The van der Waals surface area contributed by atoms with Crippen LogP contribution in [-0.4, -0.2) is 54.3 Å². The Morgan fingerprint density at radius 1 is 1.04 bits per heavy atom. The third-order valence-corrected chi connectivity index (χ3v) is 4.69. The van der Waals surface area contributed by atoms with Crippen molar-refractivity contribution in [3.63, 3.8) is 0 Å². The van der Waals surface area contributed by atoms with E-state index < -0.39 is 0 Å². The van der Waals surface area contributed by atoms with Gasteiger partial charge in [-0.15, -0.1) is 0 Å². The number of rotatable bonds is 3. The molecule has 7 heteroatoms. The molecule has 124 valence electrons. The Balaban J connectivity index is 1.63. The van der Waals surface area contributed by atoms with Gasteiger partial charge in [-0.3, -0.25) is 4.90 Å². The third-order valence-electron chi connectivity index (χ3n) is 4.52. The van der Waals surface area contributed by atoms with E-state index in [2.05, 4.69) is 19.8 Å². The molecule has 4 rings (SSSR count). The molecule has 4 heterocycles. The molecule has 0 atom stereocenters. The molecule has 2 fully saturated rings. The summed E-state index contributed by atoms with van der Waals surface area (Å²) in [6.07, 6.45) is 3.87. The zero-order valence-electron chi connectivity index (χ0n) is 13.1. The van der Waals surface area contributed by atoms with Crippen LogP contribution in [0, 0.1) is 0 Å². The van der Waals surface area contributed by atoms with Crippen molar-refractivity contribution < 1.29 is 9.15 Å². The molecule has 0 spiro atoms. The van der Waals surface area contributed by atoms with E-state index in [0.717, 1.165) is 55.4 Å². The molecule has 2 aromatic heterocycles. The second kappa shape index (κ2) is 6.63. The largest absolute Gasteiger partial charge is 0.454 e. The molecule has 0 radical (unpaired) electrons. The van der Waals surface area contributed by atoms with E-state index in [1.54, 1.807) is 0 Å². The highest BCUT2D eigenvalue weighted by Gasteiger charge is 2.21. The van der Waals surface area contributed by atoms with E-state index in [-0.39, 0.29) is 5.28 Å². The number of fused-ring (bicyclic) bond motifs is 1. The molecule has 23 heavy (non-hydrogen) atoms. The van der Waals surface area contributed by atoms with Crippen molar-refractivity contribution >= 4 is 28.5 Å². The van der Waals surface area contributed by atoms with Crippen LogP contribution in [0.3, 0.4) is 0 Å². The third kappa shape index (κ3) is 3.29. The number of anilines is 1. The van der Waals surface area contributed by atoms with Crippen LogP contribution >= 0.6 is 11.6 Å². The maximum Gasteiger partial charge on any atom is 0.225 e. The van der Waals surface area contributed by atoms with E-state index in [1.807, 2.05) is 6.07 Å². The SMILES string of the molecule is Clc1nc(N2CCOCC2)c2oc(CN3CCCCC3)cc2n1. The molecule has 0 N–H and O–H groups in total. The predicted octanol–water partition coefficient (Wildman–Crippen LogP) is 2.70. The fourth-order valence-corrected chi connectivity index (χ4v) is 3.51. The number of hydrogen-bond acceptors (Lipinski definition) is 6. The zero-order chi connectivity index (χ0) is 15.6. The van der Waals surface area contributed by atoms with Gasteiger partial charge in [0.1, 0.15) is 11.3 Å². The molecule has 0 unspecified atom stereocenters. The van der Waals surface area contributed by atoms with Gasteiger partial charge in [-0.1, -0.05) is 6.42 Å². The topological polar surface area (TPSA) is 54.6 Å². The highest BCUT2D eigenvalue weighted by atomic mass is 35.5. The van der Waals surface area contributed by atoms with Crippen molar-refractivity contribution in [2.45, 2.75) is 25.8 Å². The van der Waals surface area contributed by atoms with Crippen LogP contribution in [0.1, 0.15) is 25.0 Å². The first kappa shape index (κ1) is 15.2. The van der Waals surface area contributed by atoms with Gasteiger partial charge in [0.15, 0.2) is 11.4 Å². The van der Waals surface area contributed by atoms with Gasteiger partial charge in [0.05, 0.1) is 19.8 Å². The summed E-state index contributed by atoms with van der Waals surface area (Å²) in [5.41, 5.74) is 1.53. The summed E-state index contributed by atoms with van der Waals surface area (Å²) in [5.74, 6) is 1.72. The standard InChI is InChI=1S/C16H21ClN4O2/c17-16-18-13-10-12(11-20-4-2-1-3-5-20)23-14(13)15(19-16)21-6-8-22-9-7-21/h10H,1-9,11H2. The van der Waals surface area contributed by atoms with Crippen LogP contribution in [0.4, 0.5) is 5.82 Å². The smallest absolute Gasteiger partial charge is 0.225 e. The highest BCUT2D eigenvalue weighted by Crippen LogP contribution is 2.29. The molecule has 0 aromatic carbocycles. The number of piperidine rings is 1. The number of morpholine rings is 1. The first-order valence-electron chi connectivity index (χ1n) is 8.30. The van der Waals surface area contributed by atoms with Gasteiger partial charge in [-0.25, -0.2) is 4.98 Å². The van der Waals surface area contributed by atoms with Crippen LogP contribution in [0.25, 0.3) is 11.1 Å². The van der Waals surface area contributed by atoms with Crippen LogP contribution in [0.5, 0.6) is 0 Å². The number of hydrogen-bond donors (Lipinski definition) is 0. The van der Waals surface area contributed by atoms with Gasteiger partial charge in [-0.2, -0.15) is 4.98 Å². The lowest BCUT2D eigenvalue weighted by Gasteiger charge is -2.27. The van der Waals surface area contributed by atoms with Crippen LogP contribution in [-0.2, 0) is 11.3 Å². The fraction of sp³-hybridized carbons (Fsp3) is 0.625. The Morgan fingerprint density at radius 2 is 1.83 bits per heavy atom. The Bertz CT molecular complexity index is 678. The van der Waals surface area contributed by atoms with Crippen molar-refractivity contribution in [3.05, 3.63) is 17.1 Å². The van der Waals surface area contributed by atoms with Crippen molar-refractivity contribution in [3.8, 4) is 0 Å². The second-order valence-electron chi connectivity index (χ2n) is 6.18. The highest BCUT2D eigenvalue weighted by molar-refractivity contribution is 6.28. The summed E-state index contributed by atoms with van der Waals surface area (Å²) in [5, 5.41) is 0.268. The Morgan fingerprint density at radius 3 is 2.61 bits per heavy atom. The number of nitrogens with zero attached hydrogens (tertiary/aromatic N) is 4. The van der Waals surface area contributed by atoms with E-state index >= 15 is 0 Å². The van der Waals surface area contributed by atoms with E-state index in [9.17, 15) is 0 Å².